The number of aryl methyl sites for hydroxylation is 1. The molecule has 1 aromatic heterocycles. The zero-order chi connectivity index (χ0) is 17.9. The minimum absolute atomic E-state index is 0.199. The second-order valence-corrected chi connectivity index (χ2v) is 9.37. The first kappa shape index (κ1) is 18.1. The van der Waals surface area contributed by atoms with E-state index in [4.69, 9.17) is 0 Å². The van der Waals surface area contributed by atoms with Crippen LogP contribution in [0.25, 0.3) is 0 Å². The van der Waals surface area contributed by atoms with E-state index in [-0.39, 0.29) is 10.7 Å². The first-order valence-corrected chi connectivity index (χ1v) is 11.0. The number of carbonyl (C=O) groups excluding carboxylic acids is 1. The average molecular weight is 375 g/mol. The Morgan fingerprint density at radius 2 is 1.76 bits per heavy atom. The van der Waals surface area contributed by atoms with Gasteiger partial charge in [0.15, 0.2) is 20.9 Å². The first-order chi connectivity index (χ1) is 12.0. The first-order valence-electron chi connectivity index (χ1n) is 8.54. The van der Waals surface area contributed by atoms with Gasteiger partial charge < -0.3 is 0 Å². The van der Waals surface area contributed by atoms with Crippen LogP contribution in [0.4, 0.5) is 0 Å². The van der Waals surface area contributed by atoms with E-state index in [9.17, 15) is 13.2 Å². The minimum atomic E-state index is -3.78. The van der Waals surface area contributed by atoms with Gasteiger partial charge in [0.2, 0.25) is 0 Å². The fourth-order valence-electron chi connectivity index (χ4n) is 3.21. The summed E-state index contributed by atoms with van der Waals surface area (Å²) in [4.78, 5) is 13.1. The summed E-state index contributed by atoms with van der Waals surface area (Å²) in [5.74, 6) is -0.323. The van der Waals surface area contributed by atoms with Crippen molar-refractivity contribution in [1.29, 1.82) is 0 Å². The molecule has 132 valence electrons. The second-order valence-electron chi connectivity index (χ2n) is 6.56. The van der Waals surface area contributed by atoms with Crippen LogP contribution in [0, 0.1) is 6.92 Å². The minimum Gasteiger partial charge on any atom is -0.293 e. The molecule has 0 spiro atoms. The molecule has 2 aromatic rings. The summed E-state index contributed by atoms with van der Waals surface area (Å²) in [6.07, 6.45) is 6.72. The molecule has 1 atom stereocenters. The van der Waals surface area contributed by atoms with Gasteiger partial charge in [0, 0.05) is 0 Å². The molecule has 1 saturated carbocycles. The van der Waals surface area contributed by atoms with Crippen LogP contribution >= 0.6 is 11.3 Å². The number of hydrogen-bond donors (Lipinski definition) is 0. The van der Waals surface area contributed by atoms with Crippen LogP contribution in [0.15, 0.2) is 57.6 Å². The maximum absolute atomic E-state index is 13.2. The molecule has 1 fully saturated rings. The lowest BCUT2D eigenvalue weighted by Crippen LogP contribution is -2.21. The Bertz CT molecular complexity index is 852. The van der Waals surface area contributed by atoms with Crippen LogP contribution in [0.1, 0.15) is 48.5 Å². The molecular weight excluding hydrogens is 352 g/mol. The number of rotatable bonds is 5. The fourth-order valence-corrected chi connectivity index (χ4v) is 5.65. The third-order valence-corrected chi connectivity index (χ3v) is 7.36. The van der Waals surface area contributed by atoms with E-state index >= 15 is 0 Å². The quantitative estimate of drug-likeness (QED) is 0.690. The van der Waals surface area contributed by atoms with Gasteiger partial charge in [-0.3, -0.25) is 4.79 Å². The number of ketones is 1. The van der Waals surface area contributed by atoms with Gasteiger partial charge in [-0.15, -0.1) is 0 Å². The lowest BCUT2D eigenvalue weighted by molar-refractivity contribution is -0.114. The van der Waals surface area contributed by atoms with Crippen molar-refractivity contribution in [2.24, 2.45) is 0 Å². The van der Waals surface area contributed by atoms with Crippen molar-refractivity contribution in [2.75, 3.05) is 0 Å². The lowest BCUT2D eigenvalue weighted by Gasteiger charge is -2.17. The molecular formula is C20H22O3S2. The molecule has 1 heterocycles. The maximum Gasteiger partial charge on any atom is 0.192 e. The van der Waals surface area contributed by atoms with Gasteiger partial charge in [-0.2, -0.15) is 11.3 Å². The average Bonchev–Trinajstić information content (AvgIpc) is 3.10. The van der Waals surface area contributed by atoms with Crippen LogP contribution in [0.2, 0.25) is 0 Å². The van der Waals surface area contributed by atoms with Crippen molar-refractivity contribution in [2.45, 2.75) is 49.2 Å². The van der Waals surface area contributed by atoms with Crippen molar-refractivity contribution >= 4 is 27.0 Å². The molecule has 5 heteroatoms. The molecule has 3 rings (SSSR count). The standard InChI is InChI=1S/C20H22O3S2/c1-15-7-9-18(10-8-15)25(22,23)20(17-11-12-24-14-17)19(21)13-16-5-3-2-4-6-16/h7-14,20H,2-6H2,1H3. The van der Waals surface area contributed by atoms with Crippen molar-refractivity contribution < 1.29 is 13.2 Å². The Kier molecular flexibility index (Phi) is 5.54. The predicted molar refractivity (Wildman–Crippen MR) is 102 cm³/mol. The van der Waals surface area contributed by atoms with E-state index in [2.05, 4.69) is 0 Å². The summed E-state index contributed by atoms with van der Waals surface area (Å²) in [5, 5.41) is 2.41. The van der Waals surface area contributed by atoms with Crippen LogP contribution < -0.4 is 0 Å². The highest BCUT2D eigenvalue weighted by Crippen LogP contribution is 2.33. The molecule has 0 radical (unpaired) electrons. The van der Waals surface area contributed by atoms with Gasteiger partial charge in [0.25, 0.3) is 0 Å². The van der Waals surface area contributed by atoms with Crippen LogP contribution in [0.3, 0.4) is 0 Å². The smallest absolute Gasteiger partial charge is 0.192 e. The zero-order valence-corrected chi connectivity index (χ0v) is 15.9. The summed E-state index contributed by atoms with van der Waals surface area (Å²) in [5.41, 5.74) is 2.63. The Morgan fingerprint density at radius 1 is 1.08 bits per heavy atom. The molecule has 3 nitrogen and oxygen atoms in total. The van der Waals surface area contributed by atoms with Gasteiger partial charge in [0.05, 0.1) is 4.90 Å². The summed E-state index contributed by atoms with van der Waals surface area (Å²) in [7, 11) is -3.78. The van der Waals surface area contributed by atoms with E-state index in [1.807, 2.05) is 12.3 Å². The van der Waals surface area contributed by atoms with Gasteiger partial charge in [-0.1, -0.05) is 29.7 Å². The van der Waals surface area contributed by atoms with Crippen molar-refractivity contribution in [3.05, 3.63) is 63.9 Å². The number of benzene rings is 1. The topological polar surface area (TPSA) is 51.2 Å². The molecule has 0 bridgehead atoms. The van der Waals surface area contributed by atoms with Crippen molar-refractivity contribution in [3.63, 3.8) is 0 Å². The number of thiophene rings is 1. The largest absolute Gasteiger partial charge is 0.293 e. The SMILES string of the molecule is Cc1ccc(S(=O)(=O)C(C(=O)C=C2CCCCC2)c2ccsc2)cc1. The molecule has 1 unspecified atom stereocenters. The maximum atomic E-state index is 13.2. The molecule has 0 N–H and O–H groups in total. The monoisotopic (exact) mass is 374 g/mol. The molecule has 0 saturated heterocycles. The third kappa shape index (κ3) is 4.10. The van der Waals surface area contributed by atoms with Gasteiger partial charge in [0.1, 0.15) is 0 Å². The zero-order valence-electron chi connectivity index (χ0n) is 14.3. The Hall–Kier alpha value is -1.72. The Morgan fingerprint density at radius 3 is 2.36 bits per heavy atom. The van der Waals surface area contributed by atoms with E-state index < -0.39 is 15.1 Å². The molecule has 25 heavy (non-hydrogen) atoms. The summed E-state index contributed by atoms with van der Waals surface area (Å²) in [6, 6.07) is 8.44. The van der Waals surface area contributed by atoms with E-state index in [1.54, 1.807) is 41.8 Å². The molecule has 1 aromatic carbocycles. The highest BCUT2D eigenvalue weighted by molar-refractivity contribution is 7.92. The molecule has 0 aliphatic heterocycles. The van der Waals surface area contributed by atoms with Crippen LogP contribution in [-0.4, -0.2) is 14.2 Å². The molecule has 1 aliphatic carbocycles. The van der Waals surface area contributed by atoms with Crippen LogP contribution in [0.5, 0.6) is 0 Å². The number of hydrogen-bond acceptors (Lipinski definition) is 4. The second kappa shape index (κ2) is 7.67. The van der Waals surface area contributed by atoms with Gasteiger partial charge in [-0.25, -0.2) is 8.42 Å². The number of allylic oxidation sites excluding steroid dienone is 2. The van der Waals surface area contributed by atoms with Gasteiger partial charge >= 0.3 is 0 Å². The highest BCUT2D eigenvalue weighted by Gasteiger charge is 2.34. The van der Waals surface area contributed by atoms with Crippen molar-refractivity contribution in [1.82, 2.24) is 0 Å². The summed E-state index contributed by atoms with van der Waals surface area (Å²) in [6.45, 7) is 1.91. The summed E-state index contributed by atoms with van der Waals surface area (Å²) >= 11 is 1.41. The molecule has 0 amide bonds. The predicted octanol–water partition coefficient (Wildman–Crippen LogP) is 5.03. The van der Waals surface area contributed by atoms with E-state index in [1.165, 1.54) is 17.8 Å². The Balaban J connectivity index is 2.00. The van der Waals surface area contributed by atoms with Crippen LogP contribution in [-0.2, 0) is 14.6 Å². The Labute approximate surface area is 153 Å². The third-order valence-electron chi connectivity index (χ3n) is 4.61. The van der Waals surface area contributed by atoms with E-state index in [0.29, 0.717) is 5.56 Å². The summed E-state index contributed by atoms with van der Waals surface area (Å²) < 4.78 is 26.4. The van der Waals surface area contributed by atoms with E-state index in [0.717, 1.165) is 36.8 Å². The number of sulfone groups is 1. The normalized spacial score (nSPS) is 16.4. The number of carbonyl (C=O) groups is 1. The lowest BCUT2D eigenvalue weighted by atomic mass is 9.93. The van der Waals surface area contributed by atoms with Crippen molar-refractivity contribution in [3.8, 4) is 0 Å². The van der Waals surface area contributed by atoms with Gasteiger partial charge in [-0.05, 0) is 73.2 Å². The molecule has 1 aliphatic rings. The highest BCUT2D eigenvalue weighted by atomic mass is 32.2. The fraction of sp³-hybridized carbons (Fsp3) is 0.350.